The molecule has 1 aromatic heterocycles. The molecule has 1 aliphatic rings. The van der Waals surface area contributed by atoms with Crippen LogP contribution in [-0.4, -0.2) is 29.0 Å². The lowest BCUT2D eigenvalue weighted by Gasteiger charge is -2.32. The normalized spacial score (nSPS) is 16.3. The van der Waals surface area contributed by atoms with Crippen molar-refractivity contribution >= 4 is 11.9 Å². The zero-order chi connectivity index (χ0) is 20.9. The van der Waals surface area contributed by atoms with Gasteiger partial charge < -0.3 is 10.2 Å². The first-order chi connectivity index (χ1) is 14.6. The Kier molecular flexibility index (Phi) is 6.07. The molecular weight excluding hydrogens is 372 g/mol. The van der Waals surface area contributed by atoms with Gasteiger partial charge in [-0.2, -0.15) is 0 Å². The Labute approximate surface area is 178 Å². The number of aryl methyl sites for hydroxylation is 2. The first kappa shape index (κ1) is 20.1. The van der Waals surface area contributed by atoms with E-state index in [4.69, 9.17) is 0 Å². The molecule has 1 saturated heterocycles. The zero-order valence-corrected chi connectivity index (χ0v) is 17.6. The summed E-state index contributed by atoms with van der Waals surface area (Å²) in [5.74, 6) is 0.767. The first-order valence-electron chi connectivity index (χ1n) is 10.6. The summed E-state index contributed by atoms with van der Waals surface area (Å²) >= 11 is 0. The minimum absolute atomic E-state index is 0.0380. The number of aromatic nitrogens is 2. The Morgan fingerprint density at radius 1 is 1.03 bits per heavy atom. The predicted octanol–water partition coefficient (Wildman–Crippen LogP) is 4.29. The fourth-order valence-corrected chi connectivity index (χ4v) is 3.91. The molecule has 4 rings (SSSR count). The van der Waals surface area contributed by atoms with Crippen LogP contribution in [0.1, 0.15) is 29.5 Å². The SMILES string of the molecule is Cc1ccc(-c2cnc(N3CCC[C@H](C(=O)NCc4cccc(C)c4)C3)nc2)cc1. The highest BCUT2D eigenvalue weighted by Crippen LogP contribution is 2.23. The van der Waals surface area contributed by atoms with Crippen molar-refractivity contribution in [1.82, 2.24) is 15.3 Å². The molecule has 1 amide bonds. The van der Waals surface area contributed by atoms with Crippen LogP contribution >= 0.6 is 0 Å². The van der Waals surface area contributed by atoms with Gasteiger partial charge in [0.15, 0.2) is 0 Å². The molecule has 0 spiro atoms. The lowest BCUT2D eigenvalue weighted by Crippen LogP contribution is -2.43. The van der Waals surface area contributed by atoms with Gasteiger partial charge in [-0.05, 0) is 37.8 Å². The van der Waals surface area contributed by atoms with Gasteiger partial charge in [-0.15, -0.1) is 0 Å². The maximum atomic E-state index is 12.7. The molecule has 1 N–H and O–H groups in total. The lowest BCUT2D eigenvalue weighted by molar-refractivity contribution is -0.125. The highest BCUT2D eigenvalue weighted by atomic mass is 16.1. The number of carbonyl (C=O) groups is 1. The van der Waals surface area contributed by atoms with Gasteiger partial charge in [-0.3, -0.25) is 4.79 Å². The Bertz CT molecular complexity index is 998. The summed E-state index contributed by atoms with van der Waals surface area (Å²) in [4.78, 5) is 24.0. The van der Waals surface area contributed by atoms with Gasteiger partial charge in [-0.25, -0.2) is 9.97 Å². The average molecular weight is 401 g/mol. The van der Waals surface area contributed by atoms with Crippen molar-refractivity contribution in [3.8, 4) is 11.1 Å². The van der Waals surface area contributed by atoms with Crippen LogP contribution in [0.15, 0.2) is 60.9 Å². The summed E-state index contributed by atoms with van der Waals surface area (Å²) in [5.41, 5.74) is 5.68. The van der Waals surface area contributed by atoms with Crippen LogP contribution in [0.2, 0.25) is 0 Å². The molecule has 5 nitrogen and oxygen atoms in total. The maximum Gasteiger partial charge on any atom is 0.225 e. The molecule has 0 saturated carbocycles. The number of benzene rings is 2. The zero-order valence-electron chi connectivity index (χ0n) is 17.6. The molecule has 2 heterocycles. The van der Waals surface area contributed by atoms with Crippen LogP contribution < -0.4 is 10.2 Å². The average Bonchev–Trinajstić information content (AvgIpc) is 2.78. The third kappa shape index (κ3) is 4.85. The van der Waals surface area contributed by atoms with Crippen molar-refractivity contribution in [1.29, 1.82) is 0 Å². The van der Waals surface area contributed by atoms with Crippen molar-refractivity contribution in [2.75, 3.05) is 18.0 Å². The van der Waals surface area contributed by atoms with Crippen LogP contribution in [0.4, 0.5) is 5.95 Å². The highest BCUT2D eigenvalue weighted by Gasteiger charge is 2.27. The Balaban J connectivity index is 1.37. The van der Waals surface area contributed by atoms with E-state index in [1.165, 1.54) is 11.1 Å². The van der Waals surface area contributed by atoms with Gasteiger partial charge in [0.25, 0.3) is 0 Å². The Hall–Kier alpha value is -3.21. The molecule has 2 aromatic carbocycles. The fraction of sp³-hybridized carbons (Fsp3) is 0.320. The molecule has 5 heteroatoms. The highest BCUT2D eigenvalue weighted by molar-refractivity contribution is 5.79. The summed E-state index contributed by atoms with van der Waals surface area (Å²) in [6.07, 6.45) is 5.60. The molecule has 1 atom stereocenters. The number of nitrogens with one attached hydrogen (secondary N) is 1. The van der Waals surface area contributed by atoms with E-state index < -0.39 is 0 Å². The molecule has 0 aliphatic carbocycles. The second-order valence-electron chi connectivity index (χ2n) is 8.13. The van der Waals surface area contributed by atoms with E-state index in [1.54, 1.807) is 0 Å². The van der Waals surface area contributed by atoms with Crippen molar-refractivity contribution in [2.45, 2.75) is 33.2 Å². The lowest BCUT2D eigenvalue weighted by atomic mass is 9.97. The summed E-state index contributed by atoms with van der Waals surface area (Å²) in [7, 11) is 0. The van der Waals surface area contributed by atoms with Gasteiger partial charge in [0.2, 0.25) is 11.9 Å². The number of piperidine rings is 1. The fourth-order valence-electron chi connectivity index (χ4n) is 3.91. The monoisotopic (exact) mass is 400 g/mol. The van der Waals surface area contributed by atoms with E-state index in [0.717, 1.165) is 36.1 Å². The van der Waals surface area contributed by atoms with Crippen molar-refractivity contribution in [3.05, 3.63) is 77.6 Å². The summed E-state index contributed by atoms with van der Waals surface area (Å²) in [6.45, 7) is 6.25. The number of rotatable bonds is 5. The van der Waals surface area contributed by atoms with E-state index in [0.29, 0.717) is 19.0 Å². The predicted molar refractivity (Wildman–Crippen MR) is 120 cm³/mol. The third-order valence-corrected chi connectivity index (χ3v) is 5.65. The van der Waals surface area contributed by atoms with Crippen LogP contribution in [0.5, 0.6) is 0 Å². The van der Waals surface area contributed by atoms with E-state index >= 15 is 0 Å². The minimum Gasteiger partial charge on any atom is -0.352 e. The minimum atomic E-state index is -0.0380. The van der Waals surface area contributed by atoms with Gasteiger partial charge in [-0.1, -0.05) is 59.7 Å². The third-order valence-electron chi connectivity index (χ3n) is 5.65. The Morgan fingerprint density at radius 2 is 1.80 bits per heavy atom. The maximum absolute atomic E-state index is 12.7. The second-order valence-corrected chi connectivity index (χ2v) is 8.13. The molecule has 0 radical (unpaired) electrons. The number of amides is 1. The summed E-state index contributed by atoms with van der Waals surface area (Å²) in [6, 6.07) is 16.6. The Morgan fingerprint density at radius 3 is 2.53 bits per heavy atom. The summed E-state index contributed by atoms with van der Waals surface area (Å²) in [5, 5.41) is 3.10. The molecular formula is C25H28N4O. The van der Waals surface area contributed by atoms with E-state index in [9.17, 15) is 4.79 Å². The van der Waals surface area contributed by atoms with Crippen molar-refractivity contribution < 1.29 is 4.79 Å². The number of hydrogen-bond acceptors (Lipinski definition) is 4. The molecule has 0 bridgehead atoms. The molecule has 1 aliphatic heterocycles. The first-order valence-corrected chi connectivity index (χ1v) is 10.6. The van der Waals surface area contributed by atoms with Crippen LogP contribution in [0.3, 0.4) is 0 Å². The van der Waals surface area contributed by atoms with Crippen LogP contribution in [0.25, 0.3) is 11.1 Å². The molecule has 0 unspecified atom stereocenters. The van der Waals surface area contributed by atoms with E-state index in [1.807, 2.05) is 24.5 Å². The molecule has 1 fully saturated rings. The molecule has 30 heavy (non-hydrogen) atoms. The van der Waals surface area contributed by atoms with E-state index in [-0.39, 0.29) is 11.8 Å². The summed E-state index contributed by atoms with van der Waals surface area (Å²) < 4.78 is 0. The van der Waals surface area contributed by atoms with Gasteiger partial charge in [0.05, 0.1) is 5.92 Å². The standard InChI is InChI=1S/C25H28N4O/c1-18-8-10-21(11-9-18)23-15-27-25(28-16-23)29-12-4-7-22(17-29)24(30)26-14-20-6-3-5-19(2)13-20/h3,5-6,8-11,13,15-16,22H,4,7,12,14,17H2,1-2H3,(H,26,30)/t22-/m0/s1. The van der Waals surface area contributed by atoms with E-state index in [2.05, 4.69) is 70.4 Å². The topological polar surface area (TPSA) is 58.1 Å². The van der Waals surface area contributed by atoms with Gasteiger partial charge >= 0.3 is 0 Å². The number of nitrogens with zero attached hydrogens (tertiary/aromatic N) is 3. The second kappa shape index (κ2) is 9.08. The number of hydrogen-bond donors (Lipinski definition) is 1. The molecule has 154 valence electrons. The number of carbonyl (C=O) groups excluding carboxylic acids is 1. The number of anilines is 1. The van der Waals surface area contributed by atoms with Crippen LogP contribution in [-0.2, 0) is 11.3 Å². The van der Waals surface area contributed by atoms with Gasteiger partial charge in [0.1, 0.15) is 0 Å². The quantitative estimate of drug-likeness (QED) is 0.694. The van der Waals surface area contributed by atoms with Crippen molar-refractivity contribution in [2.24, 2.45) is 5.92 Å². The largest absolute Gasteiger partial charge is 0.352 e. The smallest absolute Gasteiger partial charge is 0.225 e. The molecule has 3 aromatic rings. The van der Waals surface area contributed by atoms with Crippen molar-refractivity contribution in [3.63, 3.8) is 0 Å². The van der Waals surface area contributed by atoms with Gasteiger partial charge in [0, 0.05) is 37.6 Å². The van der Waals surface area contributed by atoms with Crippen LogP contribution in [0, 0.1) is 19.8 Å².